The fraction of sp³-hybridized carbons (Fsp3) is 0.385. The summed E-state index contributed by atoms with van der Waals surface area (Å²) < 4.78 is 26.6. The maximum Gasteiger partial charge on any atom is 0.335 e. The molecule has 0 unspecified atom stereocenters. The largest absolute Gasteiger partial charge is 0.478 e. The number of rotatable bonds is 7. The van der Waals surface area contributed by atoms with Crippen molar-refractivity contribution in [3.05, 3.63) is 29.3 Å². The van der Waals surface area contributed by atoms with Gasteiger partial charge in [-0.15, -0.1) is 0 Å². The number of amides is 1. The highest BCUT2D eigenvalue weighted by molar-refractivity contribution is 7.89. The van der Waals surface area contributed by atoms with Gasteiger partial charge in [-0.1, -0.05) is 6.07 Å². The molecule has 0 heterocycles. The number of hydrogen-bond donors (Lipinski definition) is 3. The van der Waals surface area contributed by atoms with E-state index in [0.717, 1.165) is 6.07 Å². The zero-order chi connectivity index (χ0) is 16.0. The van der Waals surface area contributed by atoms with Gasteiger partial charge in [-0.2, -0.15) is 0 Å². The minimum absolute atomic E-state index is 0.0186. The molecule has 0 aromatic heterocycles. The Hall–Kier alpha value is -1.93. The minimum Gasteiger partial charge on any atom is -0.478 e. The van der Waals surface area contributed by atoms with Crippen molar-refractivity contribution in [1.82, 2.24) is 10.0 Å². The van der Waals surface area contributed by atoms with Gasteiger partial charge in [-0.3, -0.25) is 4.79 Å². The van der Waals surface area contributed by atoms with Crippen molar-refractivity contribution in [2.45, 2.75) is 25.2 Å². The van der Waals surface area contributed by atoms with Crippen LogP contribution in [0, 0.1) is 6.92 Å². The molecule has 1 amide bonds. The third-order valence-electron chi connectivity index (χ3n) is 2.74. The quantitative estimate of drug-likeness (QED) is 0.678. The second-order valence-electron chi connectivity index (χ2n) is 4.39. The molecule has 0 spiro atoms. The molecule has 3 N–H and O–H groups in total. The van der Waals surface area contributed by atoms with Gasteiger partial charge in [0.2, 0.25) is 15.9 Å². The van der Waals surface area contributed by atoms with Crippen molar-refractivity contribution in [2.24, 2.45) is 0 Å². The van der Waals surface area contributed by atoms with Crippen LogP contribution in [0.1, 0.15) is 29.3 Å². The second kappa shape index (κ2) is 7.19. The monoisotopic (exact) mass is 314 g/mol. The Bertz CT molecular complexity index is 640. The second-order valence-corrected chi connectivity index (χ2v) is 6.12. The number of carbonyl (C=O) groups is 2. The summed E-state index contributed by atoms with van der Waals surface area (Å²) in [6.07, 6.45) is 0.0186. The van der Waals surface area contributed by atoms with E-state index in [9.17, 15) is 18.0 Å². The van der Waals surface area contributed by atoms with Crippen LogP contribution < -0.4 is 10.0 Å². The molecule has 1 rings (SSSR count). The van der Waals surface area contributed by atoms with E-state index >= 15 is 0 Å². The van der Waals surface area contributed by atoms with Gasteiger partial charge in [0.1, 0.15) is 0 Å². The van der Waals surface area contributed by atoms with Crippen LogP contribution in [0.15, 0.2) is 23.1 Å². The van der Waals surface area contributed by atoms with E-state index in [1.807, 2.05) is 0 Å². The Balaban J connectivity index is 2.85. The molecule has 0 atom stereocenters. The van der Waals surface area contributed by atoms with Gasteiger partial charge >= 0.3 is 5.97 Å². The maximum atomic E-state index is 12.1. The summed E-state index contributed by atoms with van der Waals surface area (Å²) in [6, 6.07) is 3.87. The number of carbonyl (C=O) groups excluding carboxylic acids is 1. The maximum absolute atomic E-state index is 12.1. The Morgan fingerprint density at radius 3 is 2.52 bits per heavy atom. The first kappa shape index (κ1) is 17.1. The van der Waals surface area contributed by atoms with E-state index in [-0.39, 0.29) is 29.3 Å². The van der Waals surface area contributed by atoms with Gasteiger partial charge in [0.15, 0.2) is 0 Å². The zero-order valence-corrected chi connectivity index (χ0v) is 12.7. The molecule has 0 saturated carbocycles. The van der Waals surface area contributed by atoms with E-state index in [4.69, 9.17) is 5.11 Å². The lowest BCUT2D eigenvalue weighted by molar-refractivity contribution is -0.120. The Morgan fingerprint density at radius 2 is 1.95 bits per heavy atom. The van der Waals surface area contributed by atoms with E-state index in [1.165, 1.54) is 12.1 Å². The third-order valence-corrected chi connectivity index (χ3v) is 4.35. The van der Waals surface area contributed by atoms with E-state index < -0.39 is 16.0 Å². The van der Waals surface area contributed by atoms with Crippen LogP contribution in [0.2, 0.25) is 0 Å². The van der Waals surface area contributed by atoms with Crippen molar-refractivity contribution in [1.29, 1.82) is 0 Å². The Labute approximate surface area is 123 Å². The highest BCUT2D eigenvalue weighted by Crippen LogP contribution is 2.17. The van der Waals surface area contributed by atoms with Crippen LogP contribution >= 0.6 is 0 Å². The van der Waals surface area contributed by atoms with Gasteiger partial charge in [-0.05, 0) is 31.5 Å². The molecule has 8 heteroatoms. The fourth-order valence-corrected chi connectivity index (χ4v) is 2.99. The zero-order valence-electron chi connectivity index (χ0n) is 11.8. The van der Waals surface area contributed by atoms with Crippen LogP contribution in [-0.2, 0) is 14.8 Å². The lowest BCUT2D eigenvalue weighted by Gasteiger charge is -2.10. The molecule has 0 bridgehead atoms. The van der Waals surface area contributed by atoms with Crippen LogP contribution in [-0.4, -0.2) is 38.5 Å². The molecule has 21 heavy (non-hydrogen) atoms. The first-order chi connectivity index (χ1) is 9.77. The predicted octanol–water partition coefficient (Wildman–Crippen LogP) is 0.498. The number of benzene rings is 1. The summed E-state index contributed by atoms with van der Waals surface area (Å²) in [5, 5.41) is 11.5. The molecule has 1 aromatic rings. The van der Waals surface area contributed by atoms with Gasteiger partial charge in [0.05, 0.1) is 10.5 Å². The Kier molecular flexibility index (Phi) is 5.86. The lowest BCUT2D eigenvalue weighted by atomic mass is 10.1. The predicted molar refractivity (Wildman–Crippen MR) is 76.6 cm³/mol. The summed E-state index contributed by atoms with van der Waals surface area (Å²) in [5.74, 6) is -1.45. The van der Waals surface area contributed by atoms with Crippen molar-refractivity contribution in [3.63, 3.8) is 0 Å². The van der Waals surface area contributed by atoms with Gasteiger partial charge < -0.3 is 10.4 Å². The topological polar surface area (TPSA) is 113 Å². The number of nitrogens with one attached hydrogen (secondary N) is 2. The van der Waals surface area contributed by atoms with Crippen molar-refractivity contribution in [2.75, 3.05) is 13.1 Å². The van der Waals surface area contributed by atoms with Gasteiger partial charge in [0.25, 0.3) is 0 Å². The van der Waals surface area contributed by atoms with Gasteiger partial charge in [-0.25, -0.2) is 17.9 Å². The molecule has 0 saturated heterocycles. The first-order valence-electron chi connectivity index (χ1n) is 6.38. The standard InChI is InChI=1S/C13H18N2O5S/c1-3-14-12(16)6-7-15-21(19,20)11-8-10(13(17)18)5-4-9(11)2/h4-5,8,15H,3,6-7H2,1-2H3,(H,14,16)(H,17,18). The molecule has 0 aliphatic rings. The summed E-state index contributed by atoms with van der Waals surface area (Å²) in [4.78, 5) is 22.1. The van der Waals surface area contributed by atoms with Gasteiger partial charge in [0, 0.05) is 19.5 Å². The van der Waals surface area contributed by atoms with Crippen molar-refractivity contribution < 1.29 is 23.1 Å². The average Bonchev–Trinajstić information content (AvgIpc) is 2.38. The number of sulfonamides is 1. The number of carboxylic acids is 1. The fourth-order valence-electron chi connectivity index (χ4n) is 1.68. The molecule has 0 fully saturated rings. The third kappa shape index (κ3) is 4.83. The van der Waals surface area contributed by atoms with Crippen LogP contribution in [0.4, 0.5) is 0 Å². The SMILES string of the molecule is CCNC(=O)CCNS(=O)(=O)c1cc(C(=O)O)ccc1C. The Morgan fingerprint density at radius 1 is 1.29 bits per heavy atom. The summed E-state index contributed by atoms with van der Waals surface area (Å²) in [6.45, 7) is 3.77. The van der Waals surface area contributed by atoms with Crippen LogP contribution in [0.3, 0.4) is 0 Å². The number of hydrogen-bond acceptors (Lipinski definition) is 4. The van der Waals surface area contributed by atoms with E-state index in [0.29, 0.717) is 12.1 Å². The molecular weight excluding hydrogens is 296 g/mol. The van der Waals surface area contributed by atoms with E-state index in [2.05, 4.69) is 10.0 Å². The molecule has 0 aliphatic heterocycles. The molecular formula is C13H18N2O5S. The summed E-state index contributed by atoms with van der Waals surface area (Å²) in [7, 11) is -3.85. The average molecular weight is 314 g/mol. The molecule has 116 valence electrons. The van der Waals surface area contributed by atoms with Crippen molar-refractivity contribution >= 4 is 21.9 Å². The minimum atomic E-state index is -3.85. The van der Waals surface area contributed by atoms with Crippen molar-refractivity contribution in [3.8, 4) is 0 Å². The summed E-state index contributed by atoms with van der Waals surface area (Å²) in [5.41, 5.74) is 0.329. The molecule has 1 aromatic carbocycles. The number of aryl methyl sites for hydroxylation is 1. The lowest BCUT2D eigenvalue weighted by Crippen LogP contribution is -2.31. The molecule has 0 aliphatic carbocycles. The molecule has 0 radical (unpaired) electrons. The normalized spacial score (nSPS) is 11.1. The number of carboxylic acid groups (broad SMARTS) is 1. The van der Waals surface area contributed by atoms with Crippen LogP contribution in [0.25, 0.3) is 0 Å². The first-order valence-corrected chi connectivity index (χ1v) is 7.86. The van der Waals surface area contributed by atoms with E-state index in [1.54, 1.807) is 13.8 Å². The summed E-state index contributed by atoms with van der Waals surface area (Å²) >= 11 is 0. The molecule has 7 nitrogen and oxygen atoms in total. The highest BCUT2D eigenvalue weighted by Gasteiger charge is 2.18. The highest BCUT2D eigenvalue weighted by atomic mass is 32.2. The van der Waals surface area contributed by atoms with Crippen LogP contribution in [0.5, 0.6) is 0 Å². The number of aromatic carboxylic acids is 1. The smallest absolute Gasteiger partial charge is 0.335 e.